The standard InChI is InChI=1S/C20H25N3O.C18H22N6OS.C16H18N6OS.C16H18N4O/c1-6-23-16-10-8-7-9-15(16)20(2,3)18(23)12-11-14-17(24)13-21-19(14)22(4)5;1-6-24(5)13-7-8-15(16(9-13)20-17(25)11(2)3)21-22-18-14(10-19)12(4)23-26-18;1-5-22(4)12-6-7-14(15(8-12)18-11(3)23)19-20-16-13(9-17)10(2)21-24-16;1-19(2)12-7-5-11(6-8-12)13(9-17)15-14(21)10-18-16(15)20(3)4/h7-12H,6,13H2,1-5H3;7-9,11H,6H2,1-5H3,(H,20,25);6-8H,5H2,1-4H3,(H,18,23);5-8H,10H2,1-4H3/b14-11?,18-12-;;;. The van der Waals surface area contributed by atoms with E-state index in [1.807, 2.05) is 146 Å². The average molecular weight is 1320 g/mol. The van der Waals surface area contributed by atoms with Crippen LogP contribution in [-0.4, -0.2) is 143 Å². The minimum Gasteiger partial charge on any atom is -0.378 e. The van der Waals surface area contributed by atoms with Crippen molar-refractivity contribution >= 4 is 119 Å². The van der Waals surface area contributed by atoms with Crippen molar-refractivity contribution in [3.8, 4) is 18.2 Å². The van der Waals surface area contributed by atoms with Crippen molar-refractivity contribution in [2.45, 2.75) is 74.7 Å². The Labute approximate surface area is 565 Å². The number of likely N-dealkylation sites (N-methyl/N-ethyl adjacent to an activating group) is 3. The van der Waals surface area contributed by atoms with E-state index in [0.29, 0.717) is 77.8 Å². The van der Waals surface area contributed by atoms with Crippen LogP contribution in [0.5, 0.6) is 0 Å². The molecular formula is C70H83N19O4S2. The number of nitrogens with one attached hydrogen (secondary N) is 2. The lowest BCUT2D eigenvalue weighted by atomic mass is 9.83. The summed E-state index contributed by atoms with van der Waals surface area (Å²) in [4.78, 5) is 68.5. The van der Waals surface area contributed by atoms with E-state index < -0.39 is 0 Å². The number of allylic oxidation sites excluding steroid dienone is 4. The second-order valence-corrected chi connectivity index (χ2v) is 25.0. The highest BCUT2D eigenvalue weighted by Crippen LogP contribution is 2.47. The van der Waals surface area contributed by atoms with Gasteiger partial charge in [0.25, 0.3) is 0 Å². The molecule has 0 radical (unpaired) electrons. The molecule has 0 saturated carbocycles. The van der Waals surface area contributed by atoms with E-state index in [-0.39, 0.29) is 47.8 Å². The van der Waals surface area contributed by atoms with Crippen LogP contribution >= 0.6 is 23.1 Å². The Morgan fingerprint density at radius 1 is 0.663 bits per heavy atom. The third-order valence-electron chi connectivity index (χ3n) is 15.5. The molecule has 0 aliphatic carbocycles. The van der Waals surface area contributed by atoms with Crippen molar-refractivity contribution in [3.63, 3.8) is 0 Å². The molecule has 0 atom stereocenters. The summed E-state index contributed by atoms with van der Waals surface area (Å²) in [5.74, 6) is 0.903. The number of ketones is 2. The molecule has 2 amide bonds. The highest BCUT2D eigenvalue weighted by atomic mass is 32.1. The van der Waals surface area contributed by atoms with Crippen molar-refractivity contribution in [1.82, 2.24) is 18.5 Å². The van der Waals surface area contributed by atoms with Gasteiger partial charge in [-0.3, -0.25) is 29.2 Å². The second-order valence-electron chi connectivity index (χ2n) is 23.5. The molecule has 494 valence electrons. The van der Waals surface area contributed by atoms with E-state index in [0.717, 1.165) is 71.2 Å². The normalized spacial score (nSPS) is 14.9. The summed E-state index contributed by atoms with van der Waals surface area (Å²) >= 11 is 2.25. The Bertz CT molecular complexity index is 4180. The monoisotopic (exact) mass is 1320 g/mol. The number of Topliss-reactive ketones (excluding diaryl/α,β-unsaturated/α-hetero) is 2. The van der Waals surface area contributed by atoms with Crippen LogP contribution in [0.1, 0.15) is 89.0 Å². The number of carbonyl (C=O) groups is 4. The van der Waals surface area contributed by atoms with Crippen LogP contribution in [0.4, 0.5) is 55.5 Å². The summed E-state index contributed by atoms with van der Waals surface area (Å²) in [7, 11) is 15.3. The van der Waals surface area contributed by atoms with Crippen LogP contribution in [-0.2, 0) is 24.6 Å². The van der Waals surface area contributed by atoms with E-state index in [1.54, 1.807) is 30.9 Å². The molecule has 95 heavy (non-hydrogen) atoms. The molecule has 2 N–H and O–H groups in total. The number of aryl methyl sites for hydroxylation is 2. The van der Waals surface area contributed by atoms with Gasteiger partial charge in [-0.05, 0) is 136 Å². The number of anilines is 6. The largest absolute Gasteiger partial charge is 0.378 e. The number of rotatable bonds is 15. The van der Waals surface area contributed by atoms with Gasteiger partial charge in [-0.15, -0.1) is 20.5 Å². The number of amides is 2. The Kier molecular flexibility index (Phi) is 25.8. The molecule has 0 saturated heterocycles. The molecule has 3 aliphatic rings. The number of aromatic nitrogens is 2. The van der Waals surface area contributed by atoms with E-state index in [2.05, 4.69) is 136 Å². The van der Waals surface area contributed by atoms with Crippen LogP contribution in [0.25, 0.3) is 5.57 Å². The third kappa shape index (κ3) is 18.0. The number of carbonyl (C=O) groups excluding carboxylic acids is 4. The first-order valence-electron chi connectivity index (χ1n) is 30.7. The van der Waals surface area contributed by atoms with E-state index in [1.165, 1.54) is 23.9 Å². The first-order chi connectivity index (χ1) is 45.1. The first-order valence-corrected chi connectivity index (χ1v) is 32.3. The minimum absolute atomic E-state index is 0.0826. The van der Waals surface area contributed by atoms with Gasteiger partial charge in [-0.2, -0.15) is 24.5 Å². The molecule has 2 aromatic heterocycles. The number of amidine groups is 2. The smallest absolute Gasteiger partial charge is 0.226 e. The fourth-order valence-electron chi connectivity index (χ4n) is 9.91. The van der Waals surface area contributed by atoms with E-state index in [4.69, 9.17) is 5.26 Å². The molecule has 0 spiro atoms. The van der Waals surface area contributed by atoms with Gasteiger partial charge in [0.2, 0.25) is 11.8 Å². The number of nitriles is 3. The minimum atomic E-state index is -0.186. The van der Waals surface area contributed by atoms with Gasteiger partial charge in [-0.25, -0.2) is 0 Å². The zero-order valence-electron chi connectivity index (χ0n) is 57.4. The average Bonchev–Trinajstić information content (AvgIpc) is 1.60. The van der Waals surface area contributed by atoms with E-state index in [9.17, 15) is 29.7 Å². The Morgan fingerprint density at radius 2 is 1.16 bits per heavy atom. The Hall–Kier alpha value is -10.6. The topological polar surface area (TPSA) is 283 Å². The number of hydrogen-bond acceptors (Lipinski definition) is 23. The lowest BCUT2D eigenvalue weighted by Gasteiger charge is -2.26. The quantitative estimate of drug-likeness (QED) is 0.0549. The summed E-state index contributed by atoms with van der Waals surface area (Å²) < 4.78 is 8.24. The number of aliphatic imine (C=N–C) groups is 2. The number of hydrogen-bond donors (Lipinski definition) is 2. The van der Waals surface area contributed by atoms with Crippen molar-refractivity contribution < 1.29 is 19.2 Å². The predicted molar refractivity (Wildman–Crippen MR) is 384 cm³/mol. The van der Waals surface area contributed by atoms with Crippen molar-refractivity contribution in [3.05, 3.63) is 148 Å². The van der Waals surface area contributed by atoms with Crippen molar-refractivity contribution in [1.29, 1.82) is 15.8 Å². The molecule has 4 aromatic carbocycles. The van der Waals surface area contributed by atoms with Gasteiger partial charge >= 0.3 is 0 Å². The zero-order chi connectivity index (χ0) is 70.0. The zero-order valence-corrected chi connectivity index (χ0v) is 59.0. The molecule has 6 aromatic rings. The van der Waals surface area contributed by atoms with Gasteiger partial charge in [0, 0.05) is 123 Å². The van der Waals surface area contributed by atoms with Gasteiger partial charge in [0.05, 0.1) is 39.5 Å². The third-order valence-corrected chi connectivity index (χ3v) is 17.1. The maximum Gasteiger partial charge on any atom is 0.226 e. The second kappa shape index (κ2) is 33.3. The number of azo groups is 2. The molecule has 0 fully saturated rings. The van der Waals surface area contributed by atoms with Crippen molar-refractivity contribution in [2.75, 3.05) is 119 Å². The number of fused-ring (bicyclic) bond motifs is 1. The van der Waals surface area contributed by atoms with Crippen LogP contribution in [0, 0.1) is 53.8 Å². The van der Waals surface area contributed by atoms with Crippen LogP contribution in [0.3, 0.4) is 0 Å². The van der Waals surface area contributed by atoms with Gasteiger partial charge < -0.3 is 40.0 Å². The summed E-state index contributed by atoms with van der Waals surface area (Å²) in [6, 6.07) is 33.6. The molecule has 0 bridgehead atoms. The highest BCUT2D eigenvalue weighted by Gasteiger charge is 2.39. The highest BCUT2D eigenvalue weighted by molar-refractivity contribution is 7.10. The number of nitrogens with zero attached hydrogens (tertiary/aromatic N) is 17. The summed E-state index contributed by atoms with van der Waals surface area (Å²) in [5.41, 5.74) is 13.3. The Balaban J connectivity index is 0.000000201. The van der Waals surface area contributed by atoms with Gasteiger partial charge in [0.15, 0.2) is 21.6 Å². The first kappa shape index (κ1) is 73.5. The SMILES string of the molecule is CCN(C)c1ccc(N=Nc2snc(C)c2C#N)c(NC(=O)C(C)C)c1.CCN(C)c1ccc(N=Nc2snc(C)c2C#N)c(NC(C)=O)c1.CCN1/C(=C\C=C2C(=O)CN=C2N(C)C)C(C)(C)c2ccccc21.CN(C)C1=NCC(=O)C1=C(C#N)c1ccc(N(C)C)cc1. The molecule has 3 aliphatic heterocycles. The maximum atomic E-state index is 12.2. The van der Waals surface area contributed by atoms with Crippen LogP contribution < -0.4 is 30.2 Å². The Morgan fingerprint density at radius 3 is 1.62 bits per heavy atom. The molecule has 23 nitrogen and oxygen atoms in total. The molecule has 0 unspecified atom stereocenters. The fourth-order valence-corrected chi connectivity index (χ4v) is 11.3. The lowest BCUT2D eigenvalue weighted by Crippen LogP contribution is -2.26. The molecule has 5 heterocycles. The van der Waals surface area contributed by atoms with Gasteiger partial charge in [-0.1, -0.05) is 58.0 Å². The summed E-state index contributed by atoms with van der Waals surface area (Å²) in [6.07, 6.45) is 4.04. The molecule has 9 rings (SSSR count). The maximum absolute atomic E-state index is 12.2. The van der Waals surface area contributed by atoms with Crippen LogP contribution in [0.2, 0.25) is 0 Å². The number of para-hydroxylation sites is 1. The van der Waals surface area contributed by atoms with Gasteiger partial charge in [0.1, 0.15) is 65.5 Å². The summed E-state index contributed by atoms with van der Waals surface area (Å²) in [5, 5.41) is 51.1. The van der Waals surface area contributed by atoms with Crippen LogP contribution in [0.15, 0.2) is 144 Å². The fraction of sp³-hybridized carbons (Fsp3) is 0.357. The molecular weight excluding hydrogens is 1240 g/mol. The van der Waals surface area contributed by atoms with Crippen molar-refractivity contribution in [2.24, 2.45) is 36.4 Å². The summed E-state index contributed by atoms with van der Waals surface area (Å²) in [6.45, 7) is 22.3. The van der Waals surface area contributed by atoms with E-state index >= 15 is 0 Å². The number of benzene rings is 4. The predicted octanol–water partition coefficient (Wildman–Crippen LogP) is 13.7. The molecule has 25 heteroatoms. The lowest BCUT2D eigenvalue weighted by molar-refractivity contribution is -0.119.